The third kappa shape index (κ3) is 4.86. The van der Waals surface area contributed by atoms with Crippen LogP contribution in [0.2, 0.25) is 0 Å². The number of nitrogens with zero attached hydrogens (tertiary/aromatic N) is 3. The first-order valence-corrected chi connectivity index (χ1v) is 11.7. The fourth-order valence-corrected chi connectivity index (χ4v) is 5.11. The number of hydrogen-bond acceptors (Lipinski definition) is 5. The minimum Gasteiger partial charge on any atom is -0.491 e. The SMILES string of the molecule is CC(C)Oc1cccc(CN2CCC3(C[C@@H]2C)C(=O)N(CC(=O)O)C(=O)N3c2cccc(F)c2)c1. The Morgan fingerprint density at radius 3 is 2.60 bits per heavy atom. The highest BCUT2D eigenvalue weighted by Gasteiger charge is 2.60. The first-order valence-electron chi connectivity index (χ1n) is 11.7. The number of carbonyl (C=O) groups is 3. The predicted molar refractivity (Wildman–Crippen MR) is 128 cm³/mol. The third-order valence-corrected chi connectivity index (χ3v) is 6.58. The van der Waals surface area contributed by atoms with Crippen molar-refractivity contribution in [2.45, 2.75) is 57.8 Å². The van der Waals surface area contributed by atoms with Crippen LogP contribution in [0.4, 0.5) is 14.9 Å². The average Bonchev–Trinajstić information content (AvgIpc) is 2.96. The second-order valence-electron chi connectivity index (χ2n) is 9.50. The molecule has 186 valence electrons. The van der Waals surface area contributed by atoms with Gasteiger partial charge in [-0.15, -0.1) is 0 Å². The van der Waals surface area contributed by atoms with Crippen LogP contribution in [0, 0.1) is 5.82 Å². The lowest BCUT2D eigenvalue weighted by atomic mass is 9.81. The Morgan fingerprint density at radius 1 is 1.20 bits per heavy atom. The molecule has 2 heterocycles. The van der Waals surface area contributed by atoms with E-state index in [0.717, 1.165) is 16.2 Å². The second-order valence-corrected chi connectivity index (χ2v) is 9.50. The molecule has 2 aliphatic heterocycles. The zero-order chi connectivity index (χ0) is 25.3. The minimum absolute atomic E-state index is 0.0625. The number of likely N-dealkylation sites (tertiary alicyclic amines) is 1. The van der Waals surface area contributed by atoms with Crippen molar-refractivity contribution in [3.63, 3.8) is 0 Å². The van der Waals surface area contributed by atoms with Crippen LogP contribution in [0.1, 0.15) is 39.2 Å². The lowest BCUT2D eigenvalue weighted by Gasteiger charge is -2.45. The minimum atomic E-state index is -1.28. The molecular weight excluding hydrogens is 453 g/mol. The molecule has 2 fully saturated rings. The standard InChI is InChI=1S/C26H30FN3O5/c1-17(2)35-22-9-4-6-19(12-22)15-28-11-10-26(14-18(28)3)24(33)29(16-23(31)32)25(34)30(26)21-8-5-7-20(27)13-21/h4-9,12-13,17-18H,10-11,14-16H2,1-3H3,(H,31,32)/t18-,26?/m0/s1. The molecule has 2 aliphatic rings. The van der Waals surface area contributed by atoms with Crippen LogP contribution >= 0.6 is 0 Å². The van der Waals surface area contributed by atoms with Crippen molar-refractivity contribution in [2.75, 3.05) is 18.0 Å². The molecule has 2 atom stereocenters. The summed E-state index contributed by atoms with van der Waals surface area (Å²) >= 11 is 0. The number of imide groups is 1. The molecule has 4 rings (SSSR count). The van der Waals surface area contributed by atoms with Gasteiger partial charge in [0.2, 0.25) is 0 Å². The highest BCUT2D eigenvalue weighted by atomic mass is 19.1. The Balaban J connectivity index is 1.61. The first-order chi connectivity index (χ1) is 16.6. The summed E-state index contributed by atoms with van der Waals surface area (Å²) in [6.45, 7) is 6.33. The molecule has 1 spiro atoms. The number of hydrogen-bond donors (Lipinski definition) is 1. The van der Waals surface area contributed by atoms with Crippen molar-refractivity contribution in [2.24, 2.45) is 0 Å². The molecule has 2 aromatic carbocycles. The van der Waals surface area contributed by atoms with Gasteiger partial charge in [0.1, 0.15) is 23.7 Å². The van der Waals surface area contributed by atoms with E-state index in [4.69, 9.17) is 4.74 Å². The molecule has 35 heavy (non-hydrogen) atoms. The quantitative estimate of drug-likeness (QED) is 0.601. The average molecular weight is 484 g/mol. The molecule has 1 unspecified atom stereocenters. The number of halogens is 1. The maximum absolute atomic E-state index is 14.1. The summed E-state index contributed by atoms with van der Waals surface area (Å²) in [5.74, 6) is -1.58. The van der Waals surface area contributed by atoms with Crippen molar-refractivity contribution >= 4 is 23.6 Å². The Labute approximate surface area is 203 Å². The normalized spacial score (nSPS) is 22.9. The monoisotopic (exact) mass is 483 g/mol. The largest absolute Gasteiger partial charge is 0.491 e. The van der Waals surface area contributed by atoms with Gasteiger partial charge in [-0.3, -0.25) is 24.3 Å². The molecule has 9 heteroatoms. The summed E-state index contributed by atoms with van der Waals surface area (Å²) in [7, 11) is 0. The van der Waals surface area contributed by atoms with Crippen molar-refractivity contribution < 1.29 is 28.6 Å². The summed E-state index contributed by atoms with van der Waals surface area (Å²) < 4.78 is 19.8. The molecule has 0 bridgehead atoms. The van der Waals surface area contributed by atoms with E-state index >= 15 is 0 Å². The van der Waals surface area contributed by atoms with Gasteiger partial charge in [-0.25, -0.2) is 9.18 Å². The van der Waals surface area contributed by atoms with E-state index in [1.807, 2.05) is 45.0 Å². The number of carboxylic acid groups (broad SMARTS) is 1. The Hall–Kier alpha value is -3.46. The van der Waals surface area contributed by atoms with Crippen LogP contribution in [-0.2, 0) is 16.1 Å². The summed E-state index contributed by atoms with van der Waals surface area (Å²) in [4.78, 5) is 42.5. The molecular formula is C26H30FN3O5. The summed E-state index contributed by atoms with van der Waals surface area (Å²) in [6, 6.07) is 12.5. The third-order valence-electron chi connectivity index (χ3n) is 6.58. The van der Waals surface area contributed by atoms with E-state index in [1.54, 1.807) is 6.07 Å². The van der Waals surface area contributed by atoms with Crippen molar-refractivity contribution in [1.29, 1.82) is 0 Å². The number of ether oxygens (including phenoxy) is 1. The van der Waals surface area contributed by atoms with E-state index in [9.17, 15) is 23.9 Å². The summed E-state index contributed by atoms with van der Waals surface area (Å²) in [6.07, 6.45) is 0.663. The number of carboxylic acids is 1. The van der Waals surface area contributed by atoms with Gasteiger partial charge in [0.05, 0.1) is 6.10 Å². The predicted octanol–water partition coefficient (Wildman–Crippen LogP) is 3.89. The van der Waals surface area contributed by atoms with E-state index in [-0.39, 0.29) is 17.8 Å². The molecule has 2 saturated heterocycles. The van der Waals surface area contributed by atoms with E-state index in [0.29, 0.717) is 25.9 Å². The van der Waals surface area contributed by atoms with E-state index in [2.05, 4.69) is 4.90 Å². The van der Waals surface area contributed by atoms with Gasteiger partial charge in [0, 0.05) is 24.8 Å². The maximum atomic E-state index is 14.1. The number of piperidine rings is 1. The van der Waals surface area contributed by atoms with Gasteiger partial charge in [-0.05, 0) is 69.5 Å². The van der Waals surface area contributed by atoms with Crippen LogP contribution in [0.3, 0.4) is 0 Å². The molecule has 0 radical (unpaired) electrons. The molecule has 2 aromatic rings. The zero-order valence-electron chi connectivity index (χ0n) is 20.1. The lowest BCUT2D eigenvalue weighted by molar-refractivity contribution is -0.143. The maximum Gasteiger partial charge on any atom is 0.332 e. The zero-order valence-corrected chi connectivity index (χ0v) is 20.1. The fraction of sp³-hybridized carbons (Fsp3) is 0.423. The van der Waals surface area contributed by atoms with Gasteiger partial charge in [-0.2, -0.15) is 0 Å². The summed E-state index contributed by atoms with van der Waals surface area (Å²) in [5, 5.41) is 9.29. The number of anilines is 1. The molecule has 0 aromatic heterocycles. The fourth-order valence-electron chi connectivity index (χ4n) is 5.11. The number of aliphatic carboxylic acids is 1. The Morgan fingerprint density at radius 2 is 1.94 bits per heavy atom. The van der Waals surface area contributed by atoms with Gasteiger partial charge in [0.25, 0.3) is 5.91 Å². The van der Waals surface area contributed by atoms with E-state index < -0.39 is 35.8 Å². The van der Waals surface area contributed by atoms with Crippen LogP contribution in [0.15, 0.2) is 48.5 Å². The van der Waals surface area contributed by atoms with Crippen LogP contribution < -0.4 is 9.64 Å². The molecule has 1 N–H and O–H groups in total. The van der Waals surface area contributed by atoms with Gasteiger partial charge >= 0.3 is 12.0 Å². The molecule has 0 saturated carbocycles. The number of amides is 3. The van der Waals surface area contributed by atoms with Crippen molar-refractivity contribution in [1.82, 2.24) is 9.80 Å². The molecule has 3 amide bonds. The van der Waals surface area contributed by atoms with Crippen molar-refractivity contribution in [3.8, 4) is 5.75 Å². The lowest BCUT2D eigenvalue weighted by Crippen LogP contribution is -2.59. The number of benzene rings is 2. The van der Waals surface area contributed by atoms with Gasteiger partial charge < -0.3 is 9.84 Å². The molecule has 0 aliphatic carbocycles. The van der Waals surface area contributed by atoms with Gasteiger partial charge in [0.15, 0.2) is 0 Å². The Kier molecular flexibility index (Phi) is 6.80. The summed E-state index contributed by atoms with van der Waals surface area (Å²) in [5.41, 5.74) is 0.0449. The van der Waals surface area contributed by atoms with Crippen LogP contribution in [0.25, 0.3) is 0 Å². The number of urea groups is 1. The molecule has 8 nitrogen and oxygen atoms in total. The van der Waals surface area contributed by atoms with Crippen molar-refractivity contribution in [3.05, 3.63) is 59.9 Å². The topological polar surface area (TPSA) is 90.4 Å². The number of rotatable bonds is 7. The van der Waals surface area contributed by atoms with E-state index in [1.165, 1.54) is 23.1 Å². The smallest absolute Gasteiger partial charge is 0.332 e. The highest BCUT2D eigenvalue weighted by molar-refractivity contribution is 6.18. The first kappa shape index (κ1) is 24.7. The number of carbonyl (C=O) groups excluding carboxylic acids is 2. The van der Waals surface area contributed by atoms with Crippen LogP contribution in [0.5, 0.6) is 5.75 Å². The highest BCUT2D eigenvalue weighted by Crippen LogP contribution is 2.42. The van der Waals surface area contributed by atoms with Crippen LogP contribution in [-0.4, -0.2) is 63.6 Å². The second kappa shape index (κ2) is 9.65. The Bertz CT molecular complexity index is 1140. The van der Waals surface area contributed by atoms with Gasteiger partial charge in [-0.1, -0.05) is 18.2 Å².